The fraction of sp³-hybridized carbons (Fsp3) is 0.425. The van der Waals surface area contributed by atoms with Crippen molar-refractivity contribution in [3.63, 3.8) is 0 Å². The smallest absolute Gasteiger partial charge is 0.417 e. The van der Waals surface area contributed by atoms with Crippen LogP contribution in [0.15, 0.2) is 59.4 Å². The van der Waals surface area contributed by atoms with E-state index < -0.39 is 41.1 Å². The molecule has 0 spiro atoms. The van der Waals surface area contributed by atoms with Gasteiger partial charge in [0.25, 0.3) is 0 Å². The summed E-state index contributed by atoms with van der Waals surface area (Å²) in [5.74, 6) is -0.385. The van der Waals surface area contributed by atoms with Crippen molar-refractivity contribution in [3.05, 3.63) is 82.0 Å². The molecule has 6 rings (SSSR count). The molecule has 0 radical (unpaired) electrons. The fourth-order valence-electron chi connectivity index (χ4n) is 6.89. The zero-order valence-corrected chi connectivity index (χ0v) is 31.4. The lowest BCUT2D eigenvalue weighted by atomic mass is 9.81. The molecule has 5 aromatic rings. The van der Waals surface area contributed by atoms with Gasteiger partial charge in [0.05, 0.1) is 27.6 Å². The largest absolute Gasteiger partial charge is 0.444 e. The number of alkyl halides is 3. The van der Waals surface area contributed by atoms with E-state index in [-0.39, 0.29) is 41.2 Å². The summed E-state index contributed by atoms with van der Waals surface area (Å²) in [7, 11) is 0. The number of anilines is 1. The van der Waals surface area contributed by atoms with Crippen molar-refractivity contribution >= 4 is 45.7 Å². The van der Waals surface area contributed by atoms with Crippen LogP contribution in [0.3, 0.4) is 0 Å². The minimum atomic E-state index is -4.63. The lowest BCUT2D eigenvalue weighted by Gasteiger charge is -2.29. The van der Waals surface area contributed by atoms with Crippen LogP contribution in [0.25, 0.3) is 33.2 Å². The van der Waals surface area contributed by atoms with Gasteiger partial charge in [0.1, 0.15) is 17.5 Å². The first kappa shape index (κ1) is 39.1. The van der Waals surface area contributed by atoms with Gasteiger partial charge in [-0.1, -0.05) is 38.1 Å². The maximum Gasteiger partial charge on any atom is 0.417 e. The molecule has 2 heterocycles. The van der Waals surface area contributed by atoms with Gasteiger partial charge in [-0.2, -0.15) is 13.2 Å². The topological polar surface area (TPSA) is 174 Å². The maximum absolute atomic E-state index is 14.3. The summed E-state index contributed by atoms with van der Waals surface area (Å²) in [4.78, 5) is 64.1. The van der Waals surface area contributed by atoms with Crippen molar-refractivity contribution in [1.29, 1.82) is 0 Å². The number of nitrogens with zero attached hydrogens (tertiary/aromatic N) is 1. The Kier molecular flexibility index (Phi) is 11.1. The van der Waals surface area contributed by atoms with Crippen LogP contribution in [-0.2, 0) is 26.9 Å². The highest BCUT2D eigenvalue weighted by atomic mass is 19.4. The van der Waals surface area contributed by atoms with Gasteiger partial charge in [0, 0.05) is 30.5 Å². The summed E-state index contributed by atoms with van der Waals surface area (Å²) >= 11 is 0. The Balaban J connectivity index is 1.19. The predicted molar refractivity (Wildman–Crippen MR) is 203 cm³/mol. The molecular weight excluding hydrogens is 715 g/mol. The Morgan fingerprint density at radius 3 is 2.24 bits per heavy atom. The van der Waals surface area contributed by atoms with Crippen molar-refractivity contribution in [2.75, 3.05) is 11.9 Å². The molecule has 0 bridgehead atoms. The van der Waals surface area contributed by atoms with Gasteiger partial charge in [-0.15, -0.1) is 0 Å². The molecule has 0 aliphatic heterocycles. The minimum Gasteiger partial charge on any atom is -0.444 e. The number of alkyl carbamates (subject to hydrolysis) is 1. The van der Waals surface area contributed by atoms with E-state index in [1.165, 1.54) is 6.07 Å². The van der Waals surface area contributed by atoms with E-state index in [1.54, 1.807) is 63.2 Å². The highest BCUT2D eigenvalue weighted by Crippen LogP contribution is 2.39. The Morgan fingerprint density at radius 2 is 1.58 bits per heavy atom. The second kappa shape index (κ2) is 15.6. The van der Waals surface area contributed by atoms with Gasteiger partial charge in [-0.3, -0.25) is 9.59 Å². The number of benzene rings is 3. The first-order valence-electron chi connectivity index (χ1n) is 18.4. The van der Waals surface area contributed by atoms with Crippen molar-refractivity contribution in [2.24, 2.45) is 11.8 Å². The molecule has 1 atom stereocenters. The molecule has 1 aliphatic rings. The van der Waals surface area contributed by atoms with Gasteiger partial charge < -0.3 is 35.6 Å². The summed E-state index contributed by atoms with van der Waals surface area (Å²) in [6, 6.07) is 12.8. The first-order chi connectivity index (χ1) is 25.9. The van der Waals surface area contributed by atoms with Gasteiger partial charge in [0.15, 0.2) is 0 Å². The third kappa shape index (κ3) is 9.75. The van der Waals surface area contributed by atoms with Gasteiger partial charge in [-0.05, 0) is 99.4 Å². The molecule has 0 unspecified atom stereocenters. The molecule has 6 N–H and O–H groups in total. The zero-order valence-electron chi connectivity index (χ0n) is 31.4. The van der Waals surface area contributed by atoms with Crippen molar-refractivity contribution in [1.82, 2.24) is 30.6 Å². The Labute approximate surface area is 315 Å². The van der Waals surface area contributed by atoms with Crippen molar-refractivity contribution < 1.29 is 32.3 Å². The number of fused-ring (bicyclic) bond motifs is 2. The summed E-state index contributed by atoms with van der Waals surface area (Å²) in [5, 5.41) is 8.57. The maximum atomic E-state index is 14.3. The fourth-order valence-corrected chi connectivity index (χ4v) is 6.89. The van der Waals surface area contributed by atoms with E-state index >= 15 is 0 Å². The second-order valence-corrected chi connectivity index (χ2v) is 15.6. The lowest BCUT2D eigenvalue weighted by Crippen LogP contribution is -2.48. The molecule has 1 aliphatic carbocycles. The average molecular weight is 762 g/mol. The number of carbonyl (C=O) groups excluding carboxylic acids is 3. The number of halogens is 3. The van der Waals surface area contributed by atoms with Crippen LogP contribution in [0, 0.1) is 11.8 Å². The van der Waals surface area contributed by atoms with Crippen LogP contribution in [0.2, 0.25) is 0 Å². The van der Waals surface area contributed by atoms with Crippen LogP contribution < -0.4 is 21.6 Å². The number of amides is 3. The average Bonchev–Trinajstić information content (AvgIpc) is 3.71. The summed E-state index contributed by atoms with van der Waals surface area (Å²) in [6.07, 6.45) is -2.54. The van der Waals surface area contributed by atoms with Crippen molar-refractivity contribution in [2.45, 2.75) is 90.5 Å². The first-order valence-corrected chi connectivity index (χ1v) is 18.4. The number of H-pyrrole nitrogens is 3. The monoisotopic (exact) mass is 761 g/mol. The van der Waals surface area contributed by atoms with Crippen LogP contribution in [-0.4, -0.2) is 56.0 Å². The van der Waals surface area contributed by atoms with E-state index in [0.717, 1.165) is 6.07 Å². The molecule has 2 aromatic heterocycles. The quantitative estimate of drug-likeness (QED) is 0.0858. The Morgan fingerprint density at radius 1 is 0.891 bits per heavy atom. The minimum absolute atomic E-state index is 0.00109. The molecule has 15 heteroatoms. The van der Waals surface area contributed by atoms with Crippen molar-refractivity contribution in [3.8, 4) is 11.1 Å². The molecule has 55 heavy (non-hydrogen) atoms. The number of imidazole rings is 2. The molecule has 1 saturated carbocycles. The SMILES string of the molecule is CC(C)c1nc2cc(C(F)(F)F)c(-c3ccc(C[C@H](NC(=O)[C@H]4CC[C@H](CNC(=O)OC(C)(C)C)CC4)C(=O)Nc4ccc5[nH]c(=O)[nH]c5c4)cc3)cc2[nH]1. The molecular formula is C40H46F3N7O5. The van der Waals surface area contributed by atoms with Gasteiger partial charge >= 0.3 is 18.0 Å². The number of ether oxygens (including phenoxy) is 1. The third-order valence-electron chi connectivity index (χ3n) is 9.76. The van der Waals surface area contributed by atoms with Crippen LogP contribution >= 0.6 is 0 Å². The molecule has 292 valence electrons. The van der Waals surface area contributed by atoms with Crippen LogP contribution in [0.5, 0.6) is 0 Å². The standard InChI is InChI=1S/C40H46F3N7O5/c1-21(2)34-46-31-18-27(28(40(41,42)43)19-32(31)47-34)24-10-6-22(7-11-24)16-33(36(52)45-26-14-15-29-30(17-26)50-37(53)49-29)48-35(51)25-12-8-23(9-13-25)20-44-38(54)55-39(3,4)5/h6-7,10-11,14-15,17-19,21,23,25,33H,8-9,12-13,16,20H2,1-5H3,(H,44,54)(H,45,52)(H,46,47)(H,48,51)(H2,49,50,53)/t23-,25-,33-/m0/s1. The predicted octanol–water partition coefficient (Wildman–Crippen LogP) is 7.54. The number of aromatic nitrogens is 4. The van der Waals surface area contributed by atoms with Gasteiger partial charge in [0.2, 0.25) is 11.8 Å². The van der Waals surface area contributed by atoms with Crippen LogP contribution in [0.1, 0.15) is 83.2 Å². The number of hydrogen-bond donors (Lipinski definition) is 6. The molecule has 3 amide bonds. The molecule has 1 fully saturated rings. The second-order valence-electron chi connectivity index (χ2n) is 15.6. The van der Waals surface area contributed by atoms with E-state index in [2.05, 4.69) is 35.9 Å². The normalized spacial score (nSPS) is 17.0. The number of hydrogen-bond acceptors (Lipinski definition) is 6. The van der Waals surface area contributed by atoms with E-state index in [4.69, 9.17) is 4.74 Å². The summed E-state index contributed by atoms with van der Waals surface area (Å²) in [6.45, 7) is 9.61. The van der Waals surface area contributed by atoms with Crippen LogP contribution in [0.4, 0.5) is 23.7 Å². The molecule has 12 nitrogen and oxygen atoms in total. The molecule has 0 saturated heterocycles. The number of nitrogens with one attached hydrogen (secondary N) is 6. The zero-order chi connectivity index (χ0) is 39.7. The highest BCUT2D eigenvalue weighted by Gasteiger charge is 2.35. The summed E-state index contributed by atoms with van der Waals surface area (Å²) < 4.78 is 48.2. The van der Waals surface area contributed by atoms with E-state index in [0.29, 0.717) is 71.4 Å². The number of rotatable bonds is 10. The lowest BCUT2D eigenvalue weighted by molar-refractivity contribution is -0.137. The number of carbonyl (C=O) groups is 3. The Bertz CT molecular complexity index is 2240. The van der Waals surface area contributed by atoms with Gasteiger partial charge in [-0.25, -0.2) is 14.6 Å². The molecule has 3 aromatic carbocycles. The summed E-state index contributed by atoms with van der Waals surface area (Å²) in [5.41, 5.74) is 1.29. The van der Waals surface area contributed by atoms with E-state index in [9.17, 15) is 32.3 Å². The Hall–Kier alpha value is -5.60. The third-order valence-corrected chi connectivity index (χ3v) is 9.76. The highest BCUT2D eigenvalue weighted by molar-refractivity contribution is 5.99. The van der Waals surface area contributed by atoms with E-state index in [1.807, 2.05) is 13.8 Å². The number of aromatic amines is 3.